The summed E-state index contributed by atoms with van der Waals surface area (Å²) in [6.07, 6.45) is -0.806. The molecule has 6 heteroatoms. The standard InChI is InChI=1S/C20H22N2O4/c1-13(23)26-19-18(14-5-7-15(8-6-14)21(2)3)22(20(19)24)16-9-11-17(25-4)12-10-16/h5-12,18-19H,1-4H3/t18-,19+/m1/s1. The molecule has 0 bridgehead atoms. The third-order valence-electron chi connectivity index (χ3n) is 4.44. The average Bonchev–Trinajstić information content (AvgIpc) is 2.64. The highest BCUT2D eigenvalue weighted by Crippen LogP contribution is 2.41. The molecule has 0 saturated carbocycles. The van der Waals surface area contributed by atoms with Gasteiger partial charge in [-0.2, -0.15) is 0 Å². The van der Waals surface area contributed by atoms with Crippen LogP contribution >= 0.6 is 0 Å². The lowest BCUT2D eigenvalue weighted by Crippen LogP contribution is -2.60. The lowest BCUT2D eigenvalue weighted by molar-refractivity contribution is -0.160. The fourth-order valence-corrected chi connectivity index (χ4v) is 3.08. The topological polar surface area (TPSA) is 59.1 Å². The van der Waals surface area contributed by atoms with Crippen molar-refractivity contribution in [3.8, 4) is 5.75 Å². The smallest absolute Gasteiger partial charge is 0.303 e. The molecule has 2 atom stereocenters. The van der Waals surface area contributed by atoms with Gasteiger partial charge in [0.25, 0.3) is 5.91 Å². The van der Waals surface area contributed by atoms with E-state index in [4.69, 9.17) is 9.47 Å². The first-order valence-electron chi connectivity index (χ1n) is 8.34. The van der Waals surface area contributed by atoms with E-state index >= 15 is 0 Å². The number of anilines is 2. The Morgan fingerprint density at radius 3 is 2.15 bits per heavy atom. The number of hydrogen-bond acceptors (Lipinski definition) is 5. The summed E-state index contributed by atoms with van der Waals surface area (Å²) in [7, 11) is 5.52. The van der Waals surface area contributed by atoms with Gasteiger partial charge < -0.3 is 14.4 Å². The van der Waals surface area contributed by atoms with E-state index < -0.39 is 12.1 Å². The minimum Gasteiger partial charge on any atom is -0.497 e. The highest BCUT2D eigenvalue weighted by molar-refractivity contribution is 6.06. The number of esters is 1. The second-order valence-electron chi connectivity index (χ2n) is 6.37. The minimum atomic E-state index is -0.806. The van der Waals surface area contributed by atoms with E-state index in [1.54, 1.807) is 24.1 Å². The van der Waals surface area contributed by atoms with Crippen molar-refractivity contribution in [2.45, 2.75) is 19.1 Å². The van der Waals surface area contributed by atoms with Gasteiger partial charge in [0.1, 0.15) is 11.8 Å². The van der Waals surface area contributed by atoms with E-state index in [1.165, 1.54) is 6.92 Å². The average molecular weight is 354 g/mol. The van der Waals surface area contributed by atoms with Gasteiger partial charge >= 0.3 is 5.97 Å². The van der Waals surface area contributed by atoms with Gasteiger partial charge in [0.15, 0.2) is 0 Å². The molecule has 1 saturated heterocycles. The van der Waals surface area contributed by atoms with Gasteiger partial charge in [-0.1, -0.05) is 12.1 Å². The van der Waals surface area contributed by atoms with Crippen molar-refractivity contribution < 1.29 is 19.1 Å². The SMILES string of the molecule is COc1ccc(N2C(=O)[C@@H](OC(C)=O)[C@H]2c2ccc(N(C)C)cc2)cc1. The van der Waals surface area contributed by atoms with Gasteiger partial charge in [-0.25, -0.2) is 0 Å². The van der Waals surface area contributed by atoms with Gasteiger partial charge in [-0.15, -0.1) is 0 Å². The maximum absolute atomic E-state index is 12.6. The van der Waals surface area contributed by atoms with Crippen LogP contribution in [0.25, 0.3) is 0 Å². The van der Waals surface area contributed by atoms with Crippen LogP contribution in [0, 0.1) is 0 Å². The predicted molar refractivity (Wildman–Crippen MR) is 99.5 cm³/mol. The lowest BCUT2D eigenvalue weighted by atomic mass is 9.89. The van der Waals surface area contributed by atoms with Crippen LogP contribution < -0.4 is 14.5 Å². The molecule has 0 radical (unpaired) electrons. The number of ether oxygens (including phenoxy) is 2. The summed E-state index contributed by atoms with van der Waals surface area (Å²) in [5.74, 6) is 0.0184. The zero-order chi connectivity index (χ0) is 18.8. The van der Waals surface area contributed by atoms with Crippen LogP contribution in [-0.4, -0.2) is 39.2 Å². The molecule has 1 heterocycles. The number of benzene rings is 2. The van der Waals surface area contributed by atoms with E-state index in [0.717, 1.165) is 16.9 Å². The molecule has 0 unspecified atom stereocenters. The van der Waals surface area contributed by atoms with E-state index in [0.29, 0.717) is 5.75 Å². The summed E-state index contributed by atoms with van der Waals surface area (Å²) in [5.41, 5.74) is 2.71. The Balaban J connectivity index is 1.94. The molecular weight excluding hydrogens is 332 g/mol. The molecule has 1 amide bonds. The molecule has 1 aliphatic rings. The Hall–Kier alpha value is -3.02. The minimum absolute atomic E-state index is 0.230. The first-order chi connectivity index (χ1) is 12.4. The van der Waals surface area contributed by atoms with Gasteiger partial charge in [-0.05, 0) is 42.0 Å². The van der Waals surface area contributed by atoms with Gasteiger partial charge in [0.2, 0.25) is 6.10 Å². The van der Waals surface area contributed by atoms with Crippen molar-refractivity contribution in [3.05, 3.63) is 54.1 Å². The van der Waals surface area contributed by atoms with Crippen LogP contribution in [0.3, 0.4) is 0 Å². The first kappa shape index (κ1) is 17.8. The van der Waals surface area contributed by atoms with Gasteiger partial charge in [-0.3, -0.25) is 14.5 Å². The summed E-state index contributed by atoms with van der Waals surface area (Å²) < 4.78 is 10.4. The van der Waals surface area contributed by atoms with Crippen LogP contribution in [0.2, 0.25) is 0 Å². The summed E-state index contributed by atoms with van der Waals surface area (Å²) >= 11 is 0. The van der Waals surface area contributed by atoms with Crippen molar-refractivity contribution in [1.82, 2.24) is 0 Å². The maximum atomic E-state index is 12.6. The Bertz CT molecular complexity index is 800. The van der Waals surface area contributed by atoms with Crippen molar-refractivity contribution in [3.63, 3.8) is 0 Å². The highest BCUT2D eigenvalue weighted by atomic mass is 16.6. The van der Waals surface area contributed by atoms with E-state index in [-0.39, 0.29) is 11.9 Å². The van der Waals surface area contributed by atoms with E-state index in [9.17, 15) is 9.59 Å². The summed E-state index contributed by atoms with van der Waals surface area (Å²) in [5, 5.41) is 0. The second kappa shape index (κ2) is 7.07. The fraction of sp³-hybridized carbons (Fsp3) is 0.300. The Morgan fingerprint density at radius 1 is 1.04 bits per heavy atom. The second-order valence-corrected chi connectivity index (χ2v) is 6.37. The van der Waals surface area contributed by atoms with Crippen molar-refractivity contribution in [2.75, 3.05) is 31.0 Å². The normalized spacial score (nSPS) is 18.9. The number of rotatable bonds is 5. The molecule has 3 rings (SSSR count). The number of carbonyl (C=O) groups excluding carboxylic acids is 2. The third-order valence-corrected chi connectivity index (χ3v) is 4.44. The zero-order valence-corrected chi connectivity index (χ0v) is 15.3. The van der Waals surface area contributed by atoms with Gasteiger partial charge in [0.05, 0.1) is 7.11 Å². The maximum Gasteiger partial charge on any atom is 0.303 e. The van der Waals surface area contributed by atoms with Crippen molar-refractivity contribution in [2.24, 2.45) is 0 Å². The number of nitrogens with zero attached hydrogens (tertiary/aromatic N) is 2. The zero-order valence-electron chi connectivity index (χ0n) is 15.3. The Kier molecular flexibility index (Phi) is 4.84. The predicted octanol–water partition coefficient (Wildman–Crippen LogP) is 2.78. The van der Waals surface area contributed by atoms with Crippen molar-refractivity contribution >= 4 is 23.3 Å². The molecule has 0 aromatic heterocycles. The molecule has 1 fully saturated rings. The molecule has 0 spiro atoms. The molecule has 6 nitrogen and oxygen atoms in total. The molecule has 136 valence electrons. The number of hydrogen-bond donors (Lipinski definition) is 0. The fourth-order valence-electron chi connectivity index (χ4n) is 3.08. The number of carbonyl (C=O) groups is 2. The largest absolute Gasteiger partial charge is 0.497 e. The summed E-state index contributed by atoms with van der Waals surface area (Å²) in [6.45, 7) is 1.32. The molecule has 2 aromatic carbocycles. The first-order valence-corrected chi connectivity index (χ1v) is 8.34. The highest BCUT2D eigenvalue weighted by Gasteiger charge is 2.51. The van der Waals surface area contributed by atoms with Gasteiger partial charge in [0, 0.05) is 32.4 Å². The number of amides is 1. The lowest BCUT2D eigenvalue weighted by Gasteiger charge is -2.46. The monoisotopic (exact) mass is 354 g/mol. The van der Waals surface area contributed by atoms with Crippen LogP contribution in [0.5, 0.6) is 5.75 Å². The number of β-lactam (4-membered cyclic amide) rings is 1. The molecule has 0 aliphatic carbocycles. The molecule has 0 N–H and O–H groups in total. The Labute approximate surface area is 152 Å². The van der Waals surface area contributed by atoms with Crippen molar-refractivity contribution in [1.29, 1.82) is 0 Å². The van der Waals surface area contributed by atoms with Crippen LogP contribution in [0.15, 0.2) is 48.5 Å². The number of methoxy groups -OCH3 is 1. The molecule has 1 aliphatic heterocycles. The van der Waals surface area contributed by atoms with Crippen LogP contribution in [0.4, 0.5) is 11.4 Å². The molecule has 26 heavy (non-hydrogen) atoms. The van der Waals surface area contributed by atoms with Crippen LogP contribution in [-0.2, 0) is 14.3 Å². The quantitative estimate of drug-likeness (QED) is 0.610. The molecular formula is C20H22N2O4. The summed E-state index contributed by atoms with van der Waals surface area (Å²) in [6, 6.07) is 14.8. The Morgan fingerprint density at radius 2 is 1.65 bits per heavy atom. The summed E-state index contributed by atoms with van der Waals surface area (Å²) in [4.78, 5) is 27.7. The third kappa shape index (κ3) is 3.22. The molecule has 2 aromatic rings. The van der Waals surface area contributed by atoms with Crippen LogP contribution in [0.1, 0.15) is 18.5 Å². The van der Waals surface area contributed by atoms with E-state index in [2.05, 4.69) is 0 Å². The van der Waals surface area contributed by atoms with E-state index in [1.807, 2.05) is 55.4 Å².